The van der Waals surface area contributed by atoms with Crippen LogP contribution in [0.1, 0.15) is 76.4 Å². The molecule has 0 spiro atoms. The van der Waals surface area contributed by atoms with Gasteiger partial charge in [-0.1, -0.05) is 30.8 Å². The van der Waals surface area contributed by atoms with Crippen LogP contribution in [0, 0.1) is 0 Å². The minimum atomic E-state index is -0.541. The Hall–Kier alpha value is -1.96. The summed E-state index contributed by atoms with van der Waals surface area (Å²) in [6.45, 7) is 3.22. The summed E-state index contributed by atoms with van der Waals surface area (Å²) in [5.41, 5.74) is -0.541. The molecule has 1 unspecified atom stereocenters. The summed E-state index contributed by atoms with van der Waals surface area (Å²) in [7, 11) is 0. The summed E-state index contributed by atoms with van der Waals surface area (Å²) in [5.74, 6) is 0.913. The van der Waals surface area contributed by atoms with E-state index in [1.54, 1.807) is 0 Å². The van der Waals surface area contributed by atoms with Gasteiger partial charge in [-0.15, -0.1) is 0 Å². The number of aryl methyl sites for hydroxylation is 1. The molecule has 1 atom stereocenters. The number of hydrogen-bond acceptors (Lipinski definition) is 6. The zero-order chi connectivity index (χ0) is 19.1. The highest BCUT2D eigenvalue weighted by Crippen LogP contribution is 2.34. The lowest BCUT2D eigenvalue weighted by molar-refractivity contribution is -0.122. The minimum absolute atomic E-state index is 0.00510. The average molecular weight is 377 g/mol. The molecule has 1 aromatic rings. The van der Waals surface area contributed by atoms with Crippen molar-refractivity contribution < 1.29 is 14.1 Å². The Morgan fingerprint density at radius 1 is 1.22 bits per heavy atom. The normalized spacial score (nSPS) is 22.2. The van der Waals surface area contributed by atoms with E-state index in [-0.39, 0.29) is 11.8 Å². The van der Waals surface area contributed by atoms with Crippen molar-refractivity contribution in [3.63, 3.8) is 0 Å². The molecule has 2 amide bonds. The van der Waals surface area contributed by atoms with Gasteiger partial charge in [-0.2, -0.15) is 4.98 Å². The van der Waals surface area contributed by atoms with E-state index in [9.17, 15) is 9.59 Å². The molecule has 2 fully saturated rings. The average Bonchev–Trinajstić information content (AvgIpc) is 3.28. The Bertz CT molecular complexity index is 631. The van der Waals surface area contributed by atoms with E-state index in [4.69, 9.17) is 4.52 Å². The number of aromatic nitrogens is 2. The third-order valence-corrected chi connectivity index (χ3v) is 5.54. The number of amides is 2. The van der Waals surface area contributed by atoms with Crippen LogP contribution in [0.3, 0.4) is 0 Å². The van der Waals surface area contributed by atoms with E-state index in [1.807, 2.05) is 0 Å². The van der Waals surface area contributed by atoms with Crippen LogP contribution >= 0.6 is 0 Å². The minimum Gasteiger partial charge on any atom is -0.355 e. The molecule has 150 valence electrons. The first kappa shape index (κ1) is 19.8. The number of hydrogen-bond donors (Lipinski definition) is 3. The van der Waals surface area contributed by atoms with E-state index in [0.29, 0.717) is 37.1 Å². The SMILES string of the molecule is CC(=O)NC1(c2noc(CCC(=O)NCC3CCCN3)n2)CCCCCC1. The Balaban J connectivity index is 1.55. The van der Waals surface area contributed by atoms with Crippen LogP contribution in [-0.2, 0) is 21.5 Å². The Morgan fingerprint density at radius 2 is 2.00 bits per heavy atom. The molecule has 0 aromatic carbocycles. The van der Waals surface area contributed by atoms with Gasteiger partial charge in [0.2, 0.25) is 17.7 Å². The second-order valence-electron chi connectivity index (χ2n) is 7.79. The van der Waals surface area contributed by atoms with Gasteiger partial charge < -0.3 is 20.5 Å². The van der Waals surface area contributed by atoms with Gasteiger partial charge in [0, 0.05) is 32.4 Å². The zero-order valence-electron chi connectivity index (χ0n) is 16.2. The van der Waals surface area contributed by atoms with Crippen molar-refractivity contribution in [1.82, 2.24) is 26.1 Å². The maximum atomic E-state index is 12.0. The van der Waals surface area contributed by atoms with Crippen LogP contribution in [0.5, 0.6) is 0 Å². The number of nitrogens with one attached hydrogen (secondary N) is 3. The van der Waals surface area contributed by atoms with Gasteiger partial charge in [0.15, 0.2) is 5.82 Å². The third-order valence-electron chi connectivity index (χ3n) is 5.54. The highest BCUT2D eigenvalue weighted by atomic mass is 16.5. The first-order valence-electron chi connectivity index (χ1n) is 10.2. The highest BCUT2D eigenvalue weighted by molar-refractivity contribution is 5.76. The van der Waals surface area contributed by atoms with Crippen LogP contribution in [0.2, 0.25) is 0 Å². The van der Waals surface area contributed by atoms with Gasteiger partial charge in [0.25, 0.3) is 0 Å². The van der Waals surface area contributed by atoms with E-state index in [1.165, 1.54) is 13.3 Å². The molecule has 1 aliphatic carbocycles. The maximum absolute atomic E-state index is 12.0. The molecule has 3 rings (SSSR count). The van der Waals surface area contributed by atoms with E-state index in [0.717, 1.165) is 51.5 Å². The van der Waals surface area contributed by atoms with Crippen LogP contribution in [0.25, 0.3) is 0 Å². The van der Waals surface area contributed by atoms with Gasteiger partial charge in [-0.05, 0) is 32.2 Å². The summed E-state index contributed by atoms with van der Waals surface area (Å²) < 4.78 is 5.39. The first-order valence-corrected chi connectivity index (χ1v) is 10.2. The topological polar surface area (TPSA) is 109 Å². The quantitative estimate of drug-likeness (QED) is 0.622. The third kappa shape index (κ3) is 5.51. The molecule has 8 heteroatoms. The summed E-state index contributed by atoms with van der Waals surface area (Å²) >= 11 is 0. The molecule has 2 heterocycles. The van der Waals surface area contributed by atoms with Crippen molar-refractivity contribution in [1.29, 1.82) is 0 Å². The van der Waals surface area contributed by atoms with E-state index < -0.39 is 5.54 Å². The van der Waals surface area contributed by atoms with Gasteiger partial charge in [-0.25, -0.2) is 0 Å². The number of carbonyl (C=O) groups is 2. The predicted octanol–water partition coefficient (Wildman–Crippen LogP) is 1.56. The molecule has 27 heavy (non-hydrogen) atoms. The highest BCUT2D eigenvalue weighted by Gasteiger charge is 2.38. The summed E-state index contributed by atoms with van der Waals surface area (Å²) in [6, 6.07) is 0.386. The molecule has 3 N–H and O–H groups in total. The molecule has 1 saturated heterocycles. The fraction of sp³-hybridized carbons (Fsp3) is 0.789. The fourth-order valence-corrected chi connectivity index (χ4v) is 4.10. The molecule has 1 aromatic heterocycles. The van der Waals surface area contributed by atoms with Crippen molar-refractivity contribution in [2.45, 2.75) is 82.7 Å². The van der Waals surface area contributed by atoms with Gasteiger partial charge >= 0.3 is 0 Å². The molecule has 1 aliphatic heterocycles. The summed E-state index contributed by atoms with van der Waals surface area (Å²) in [4.78, 5) is 28.3. The van der Waals surface area contributed by atoms with E-state index in [2.05, 4.69) is 26.1 Å². The number of carbonyl (C=O) groups excluding carboxylic acids is 2. The second-order valence-corrected chi connectivity index (χ2v) is 7.79. The Morgan fingerprint density at radius 3 is 2.67 bits per heavy atom. The first-order chi connectivity index (χ1) is 13.1. The van der Waals surface area contributed by atoms with Crippen molar-refractivity contribution in [2.24, 2.45) is 0 Å². The van der Waals surface area contributed by atoms with Gasteiger partial charge in [0.1, 0.15) is 5.54 Å². The Labute approximate surface area is 160 Å². The van der Waals surface area contributed by atoms with Crippen LogP contribution in [0.15, 0.2) is 4.52 Å². The smallest absolute Gasteiger partial charge is 0.227 e. The summed E-state index contributed by atoms with van der Waals surface area (Å²) in [5, 5.41) is 13.5. The monoisotopic (exact) mass is 377 g/mol. The Kier molecular flexibility index (Phi) is 6.82. The molecular formula is C19H31N5O3. The molecular weight excluding hydrogens is 346 g/mol. The lowest BCUT2D eigenvalue weighted by Gasteiger charge is -2.30. The lowest BCUT2D eigenvalue weighted by atomic mass is 9.89. The van der Waals surface area contributed by atoms with E-state index >= 15 is 0 Å². The molecule has 1 saturated carbocycles. The van der Waals surface area contributed by atoms with Crippen LogP contribution in [0.4, 0.5) is 0 Å². The number of rotatable bonds is 7. The maximum Gasteiger partial charge on any atom is 0.227 e. The fourth-order valence-electron chi connectivity index (χ4n) is 4.10. The molecule has 8 nitrogen and oxygen atoms in total. The van der Waals surface area contributed by atoms with Crippen LogP contribution < -0.4 is 16.0 Å². The molecule has 2 aliphatic rings. The molecule has 0 radical (unpaired) electrons. The van der Waals surface area contributed by atoms with Crippen molar-refractivity contribution in [3.8, 4) is 0 Å². The van der Waals surface area contributed by atoms with Gasteiger partial charge in [-0.3, -0.25) is 9.59 Å². The number of nitrogens with zero attached hydrogens (tertiary/aromatic N) is 2. The van der Waals surface area contributed by atoms with Crippen molar-refractivity contribution in [2.75, 3.05) is 13.1 Å². The largest absolute Gasteiger partial charge is 0.355 e. The van der Waals surface area contributed by atoms with Gasteiger partial charge in [0.05, 0.1) is 0 Å². The van der Waals surface area contributed by atoms with Crippen LogP contribution in [-0.4, -0.2) is 41.1 Å². The zero-order valence-corrected chi connectivity index (χ0v) is 16.2. The summed E-state index contributed by atoms with van der Waals surface area (Å²) in [6.07, 6.45) is 9.02. The lowest BCUT2D eigenvalue weighted by Crippen LogP contribution is -2.45. The van der Waals surface area contributed by atoms with Crippen molar-refractivity contribution >= 4 is 11.8 Å². The van der Waals surface area contributed by atoms with Crippen molar-refractivity contribution in [3.05, 3.63) is 11.7 Å². The standard InChI is InChI=1S/C19H31N5O3/c1-14(25)23-19(10-4-2-3-5-11-19)18-22-17(27-24-18)9-8-16(26)21-13-15-7-6-12-20-15/h15,20H,2-13H2,1H3,(H,21,26)(H,23,25). The second kappa shape index (κ2) is 9.30. The molecule has 0 bridgehead atoms. The predicted molar refractivity (Wildman–Crippen MR) is 99.9 cm³/mol.